The van der Waals surface area contributed by atoms with E-state index < -0.39 is 0 Å². The van der Waals surface area contributed by atoms with E-state index in [1.165, 1.54) is 5.56 Å². The quantitative estimate of drug-likeness (QED) is 0.613. The largest absolute Gasteiger partial charge is 0.493 e. The summed E-state index contributed by atoms with van der Waals surface area (Å²) in [5, 5.41) is 0.630. The molecule has 2 aromatic rings. The van der Waals surface area contributed by atoms with Gasteiger partial charge in [-0.3, -0.25) is 4.79 Å². The highest BCUT2D eigenvalue weighted by Gasteiger charge is 2.09. The summed E-state index contributed by atoms with van der Waals surface area (Å²) >= 11 is 5.82. The van der Waals surface area contributed by atoms with E-state index >= 15 is 0 Å². The SMILES string of the molecule is O=C(/C=C/c1ccc2c(c1)CCCO2)c1ccc(Cl)cc1. The van der Waals surface area contributed by atoms with Crippen LogP contribution in [-0.2, 0) is 6.42 Å². The summed E-state index contributed by atoms with van der Waals surface area (Å²) in [7, 11) is 0. The Balaban J connectivity index is 1.76. The molecule has 106 valence electrons. The summed E-state index contributed by atoms with van der Waals surface area (Å²) in [6, 6.07) is 12.9. The van der Waals surface area contributed by atoms with Crippen molar-refractivity contribution >= 4 is 23.5 Å². The van der Waals surface area contributed by atoms with Gasteiger partial charge in [0.2, 0.25) is 0 Å². The molecule has 0 unspecified atom stereocenters. The van der Waals surface area contributed by atoms with Gasteiger partial charge in [0.25, 0.3) is 0 Å². The Labute approximate surface area is 129 Å². The molecule has 3 heteroatoms. The van der Waals surface area contributed by atoms with Gasteiger partial charge in [0.05, 0.1) is 6.61 Å². The normalized spacial score (nSPS) is 13.8. The van der Waals surface area contributed by atoms with Gasteiger partial charge in [-0.1, -0.05) is 23.7 Å². The zero-order valence-corrected chi connectivity index (χ0v) is 12.3. The molecule has 21 heavy (non-hydrogen) atoms. The minimum atomic E-state index is -0.0272. The predicted molar refractivity (Wildman–Crippen MR) is 85.1 cm³/mol. The van der Waals surface area contributed by atoms with Gasteiger partial charge < -0.3 is 4.74 Å². The number of hydrogen-bond acceptors (Lipinski definition) is 2. The van der Waals surface area contributed by atoms with Crippen LogP contribution in [0.15, 0.2) is 48.5 Å². The second kappa shape index (κ2) is 6.15. The Morgan fingerprint density at radius 2 is 1.95 bits per heavy atom. The lowest BCUT2D eigenvalue weighted by atomic mass is 10.0. The van der Waals surface area contributed by atoms with Crippen LogP contribution in [0.2, 0.25) is 5.02 Å². The molecule has 0 aliphatic carbocycles. The Hall–Kier alpha value is -2.06. The predicted octanol–water partition coefficient (Wildman–Crippen LogP) is 4.56. The minimum absolute atomic E-state index is 0.0272. The van der Waals surface area contributed by atoms with Crippen LogP contribution in [0.4, 0.5) is 0 Å². The highest BCUT2D eigenvalue weighted by atomic mass is 35.5. The van der Waals surface area contributed by atoms with Crippen LogP contribution >= 0.6 is 11.6 Å². The molecule has 1 aliphatic rings. The molecule has 0 saturated carbocycles. The molecule has 2 aromatic carbocycles. The second-order valence-electron chi connectivity index (χ2n) is 5.02. The molecule has 1 aliphatic heterocycles. The van der Waals surface area contributed by atoms with Crippen LogP contribution < -0.4 is 4.74 Å². The van der Waals surface area contributed by atoms with Crippen molar-refractivity contribution in [3.05, 3.63) is 70.3 Å². The molecular formula is C18H15ClO2. The topological polar surface area (TPSA) is 26.3 Å². The first kappa shape index (κ1) is 13.9. The number of benzene rings is 2. The third kappa shape index (κ3) is 3.34. The average Bonchev–Trinajstić information content (AvgIpc) is 2.53. The van der Waals surface area contributed by atoms with Crippen molar-refractivity contribution in [2.75, 3.05) is 6.61 Å². The molecule has 0 amide bonds. The van der Waals surface area contributed by atoms with Crippen molar-refractivity contribution in [3.63, 3.8) is 0 Å². The lowest BCUT2D eigenvalue weighted by molar-refractivity contribution is 0.104. The van der Waals surface area contributed by atoms with E-state index in [4.69, 9.17) is 16.3 Å². The number of halogens is 1. The summed E-state index contributed by atoms with van der Waals surface area (Å²) in [6.07, 6.45) is 5.51. The third-order valence-corrected chi connectivity index (χ3v) is 3.74. The summed E-state index contributed by atoms with van der Waals surface area (Å²) in [5.74, 6) is 0.933. The fourth-order valence-corrected chi connectivity index (χ4v) is 2.49. The van der Waals surface area contributed by atoms with Crippen LogP contribution in [0.5, 0.6) is 5.75 Å². The van der Waals surface area contributed by atoms with Crippen molar-refractivity contribution in [2.24, 2.45) is 0 Å². The Morgan fingerprint density at radius 3 is 2.76 bits per heavy atom. The van der Waals surface area contributed by atoms with Gasteiger partial charge in [-0.2, -0.15) is 0 Å². The fraction of sp³-hybridized carbons (Fsp3) is 0.167. The van der Waals surface area contributed by atoms with E-state index in [1.54, 1.807) is 30.3 Å². The Morgan fingerprint density at radius 1 is 1.14 bits per heavy atom. The molecule has 0 fully saturated rings. The maximum Gasteiger partial charge on any atom is 0.185 e. The lowest BCUT2D eigenvalue weighted by Crippen LogP contribution is -2.08. The molecule has 0 atom stereocenters. The molecule has 0 bridgehead atoms. The van der Waals surface area contributed by atoms with Crippen molar-refractivity contribution in [2.45, 2.75) is 12.8 Å². The van der Waals surface area contributed by atoms with E-state index in [9.17, 15) is 4.79 Å². The highest BCUT2D eigenvalue weighted by Crippen LogP contribution is 2.26. The third-order valence-electron chi connectivity index (χ3n) is 3.49. The van der Waals surface area contributed by atoms with Crippen molar-refractivity contribution in [1.82, 2.24) is 0 Å². The summed E-state index contributed by atoms with van der Waals surface area (Å²) in [4.78, 5) is 12.1. The zero-order valence-electron chi connectivity index (χ0n) is 11.5. The summed E-state index contributed by atoms with van der Waals surface area (Å²) in [5.41, 5.74) is 2.86. The van der Waals surface area contributed by atoms with Gasteiger partial charge in [0.15, 0.2) is 5.78 Å². The van der Waals surface area contributed by atoms with E-state index in [0.29, 0.717) is 10.6 Å². The lowest BCUT2D eigenvalue weighted by Gasteiger charge is -2.17. The van der Waals surface area contributed by atoms with Gasteiger partial charge in [-0.25, -0.2) is 0 Å². The molecule has 0 saturated heterocycles. The van der Waals surface area contributed by atoms with E-state index in [-0.39, 0.29) is 5.78 Å². The van der Waals surface area contributed by atoms with Crippen LogP contribution in [0, 0.1) is 0 Å². The first-order valence-corrected chi connectivity index (χ1v) is 7.34. The maximum atomic E-state index is 12.1. The number of allylic oxidation sites excluding steroid dienone is 1. The first-order valence-electron chi connectivity index (χ1n) is 6.96. The molecule has 0 N–H and O–H groups in total. The molecule has 0 aromatic heterocycles. The summed E-state index contributed by atoms with van der Waals surface area (Å²) < 4.78 is 5.58. The van der Waals surface area contributed by atoms with Crippen molar-refractivity contribution in [3.8, 4) is 5.75 Å². The van der Waals surface area contributed by atoms with Crippen molar-refractivity contribution < 1.29 is 9.53 Å². The van der Waals surface area contributed by atoms with Gasteiger partial charge in [0.1, 0.15) is 5.75 Å². The highest BCUT2D eigenvalue weighted by molar-refractivity contribution is 6.30. The molecule has 2 nitrogen and oxygen atoms in total. The Kier molecular flexibility index (Phi) is 4.07. The smallest absolute Gasteiger partial charge is 0.185 e. The van der Waals surface area contributed by atoms with Gasteiger partial charge in [0, 0.05) is 10.6 Å². The monoisotopic (exact) mass is 298 g/mol. The van der Waals surface area contributed by atoms with E-state index in [2.05, 4.69) is 6.07 Å². The van der Waals surface area contributed by atoms with Crippen LogP contribution in [0.25, 0.3) is 6.08 Å². The zero-order chi connectivity index (χ0) is 14.7. The maximum absolute atomic E-state index is 12.1. The van der Waals surface area contributed by atoms with Crippen LogP contribution in [-0.4, -0.2) is 12.4 Å². The molecule has 0 radical (unpaired) electrons. The molecule has 0 spiro atoms. The number of rotatable bonds is 3. The molecule has 1 heterocycles. The molecular weight excluding hydrogens is 284 g/mol. The number of ether oxygens (including phenoxy) is 1. The standard InChI is InChI=1S/C18H15ClO2/c19-16-7-5-14(6-8-16)17(20)9-3-13-4-10-18-15(12-13)2-1-11-21-18/h3-10,12H,1-2,11H2/b9-3+. The second-order valence-corrected chi connectivity index (χ2v) is 5.46. The van der Waals surface area contributed by atoms with Gasteiger partial charge >= 0.3 is 0 Å². The average molecular weight is 299 g/mol. The number of hydrogen-bond donors (Lipinski definition) is 0. The number of aryl methyl sites for hydroxylation is 1. The minimum Gasteiger partial charge on any atom is -0.493 e. The van der Waals surface area contributed by atoms with Crippen LogP contribution in [0.1, 0.15) is 27.9 Å². The van der Waals surface area contributed by atoms with Gasteiger partial charge in [-0.15, -0.1) is 0 Å². The van der Waals surface area contributed by atoms with Crippen LogP contribution in [0.3, 0.4) is 0 Å². The first-order chi connectivity index (χ1) is 10.2. The van der Waals surface area contributed by atoms with E-state index in [1.807, 2.05) is 18.2 Å². The van der Waals surface area contributed by atoms with Crippen molar-refractivity contribution in [1.29, 1.82) is 0 Å². The fourth-order valence-electron chi connectivity index (χ4n) is 2.37. The molecule has 3 rings (SSSR count). The number of carbonyl (C=O) groups is 1. The van der Waals surface area contributed by atoms with Gasteiger partial charge in [-0.05, 0) is 66.4 Å². The van der Waals surface area contributed by atoms with E-state index in [0.717, 1.165) is 30.8 Å². The summed E-state index contributed by atoms with van der Waals surface area (Å²) in [6.45, 7) is 0.789. The number of ketones is 1. The number of carbonyl (C=O) groups excluding carboxylic acids is 1. The number of fused-ring (bicyclic) bond motifs is 1. The Bertz CT molecular complexity index is 687.